The number of amides is 8. The maximum atomic E-state index is 14.3. The number of carboxylic acid groups (broad SMARTS) is 1. The zero-order valence-corrected chi connectivity index (χ0v) is 43.5. The maximum Gasteiger partial charge on any atom is 0.327 e. The molecule has 1 aromatic carbocycles. The van der Waals surface area contributed by atoms with Crippen LogP contribution in [-0.2, 0) is 56.0 Å². The first-order valence-electron chi connectivity index (χ1n) is 22.6. The molecule has 1 aromatic heterocycles. The van der Waals surface area contributed by atoms with Crippen LogP contribution >= 0.6 is 49.6 Å². The van der Waals surface area contributed by atoms with E-state index in [4.69, 9.17) is 5.73 Å². The molecule has 0 aliphatic carbocycles. The lowest BCUT2D eigenvalue weighted by molar-refractivity contribution is -0.141. The number of hydrogen-bond donors (Lipinski definition) is 15. The number of carbonyl (C=O) groups is 9. The first-order chi connectivity index (χ1) is 33.1. The third-order valence-electron chi connectivity index (χ3n) is 10.9. The summed E-state index contributed by atoms with van der Waals surface area (Å²) in [6.45, 7) is 8.40. The van der Waals surface area contributed by atoms with Crippen LogP contribution in [0.3, 0.4) is 0 Å². The van der Waals surface area contributed by atoms with Gasteiger partial charge in [-0.05, 0) is 61.3 Å². The molecule has 2 rings (SSSR count). The number of aromatic nitrogens is 2. The van der Waals surface area contributed by atoms with E-state index in [1.165, 1.54) is 55.5 Å². The molecule has 0 bridgehead atoms. The van der Waals surface area contributed by atoms with Crippen LogP contribution < -0.4 is 48.3 Å². The van der Waals surface area contributed by atoms with Crippen molar-refractivity contribution < 1.29 is 53.4 Å². The molecule has 13 N–H and O–H groups in total. The molecule has 0 aliphatic rings. The molecule has 70 heavy (non-hydrogen) atoms. The number of nitrogens with one attached hydrogen (secondary N) is 9. The lowest BCUT2D eigenvalue weighted by Gasteiger charge is -2.29. The minimum Gasteiger partial charge on any atom is -0.508 e. The van der Waals surface area contributed by atoms with Crippen molar-refractivity contribution in [2.75, 3.05) is 29.3 Å². The van der Waals surface area contributed by atoms with E-state index >= 15 is 0 Å². The number of aliphatic carboxylic acids is 1. The molecule has 390 valence electrons. The van der Waals surface area contributed by atoms with Crippen molar-refractivity contribution in [2.24, 2.45) is 17.6 Å². The number of thiol groups is 3. The topological polar surface area (TPSA) is 345 Å². The molecule has 26 heteroatoms. The van der Waals surface area contributed by atoms with Gasteiger partial charge in [-0.15, -0.1) is 0 Å². The van der Waals surface area contributed by atoms with E-state index in [1.807, 2.05) is 20.1 Å². The van der Waals surface area contributed by atoms with E-state index in [1.54, 1.807) is 13.8 Å². The van der Waals surface area contributed by atoms with Gasteiger partial charge in [0, 0.05) is 42.0 Å². The average molecular weight is 1060 g/mol. The normalized spacial score (nSPS) is 15.5. The molecule has 0 saturated carbocycles. The Morgan fingerprint density at radius 1 is 0.657 bits per heavy atom. The van der Waals surface area contributed by atoms with Crippen molar-refractivity contribution >= 4 is 103 Å². The quantitative estimate of drug-likeness (QED) is 0.0397. The first-order valence-corrected chi connectivity index (χ1v) is 25.9. The van der Waals surface area contributed by atoms with Gasteiger partial charge in [0.1, 0.15) is 54.1 Å². The summed E-state index contributed by atoms with van der Waals surface area (Å²) in [4.78, 5) is 128. The van der Waals surface area contributed by atoms with Crippen molar-refractivity contribution in [3.63, 3.8) is 0 Å². The monoisotopic (exact) mass is 1060 g/mol. The van der Waals surface area contributed by atoms with Crippen LogP contribution in [0.1, 0.15) is 65.1 Å². The Hall–Kier alpha value is -5.18. The van der Waals surface area contributed by atoms with Gasteiger partial charge in [0.05, 0.1) is 12.4 Å². The fourth-order valence-corrected chi connectivity index (χ4v) is 7.70. The SMILES string of the molecule is CC[C@H](C)[C@H](NC(=O)[C@H](CS)NC(=O)[C@H](Cc1ccc(O)cc1)NC(=O)[C@H](CC(C)C)NC(=O)[C@H](Cc1cnc[nH]1)NC(=O)[C@H](CCSC)NC(=O)[C@@H](N)CS)C(=O)N[C@@H](C)C(=O)N[C@@H](CS)C(=O)O. The van der Waals surface area contributed by atoms with Gasteiger partial charge < -0.3 is 63.5 Å². The first kappa shape index (κ1) is 60.9. The van der Waals surface area contributed by atoms with Gasteiger partial charge in [0.25, 0.3) is 0 Å². The van der Waals surface area contributed by atoms with Crippen molar-refractivity contribution in [2.45, 2.75) is 121 Å². The van der Waals surface area contributed by atoms with E-state index in [0.29, 0.717) is 23.4 Å². The number of phenolic OH excluding ortho intramolecular Hbond substituents is 1. The lowest BCUT2D eigenvalue weighted by Crippen LogP contribution is -2.61. The third-order valence-corrected chi connectivity index (χ3v) is 12.7. The molecule has 0 unspecified atom stereocenters. The molecule has 1 heterocycles. The summed E-state index contributed by atoms with van der Waals surface area (Å²) in [5.74, 6) is -8.13. The highest BCUT2D eigenvalue weighted by Gasteiger charge is 2.36. The Morgan fingerprint density at radius 3 is 1.69 bits per heavy atom. The molecule has 0 aliphatic heterocycles. The molecule has 0 radical (unpaired) electrons. The summed E-state index contributed by atoms with van der Waals surface area (Å²) in [5.41, 5.74) is 6.81. The van der Waals surface area contributed by atoms with Gasteiger partial charge in [0.15, 0.2) is 0 Å². The van der Waals surface area contributed by atoms with E-state index < -0.39 is 114 Å². The highest BCUT2D eigenvalue weighted by Crippen LogP contribution is 2.15. The Kier molecular flexibility index (Phi) is 27.2. The molecule has 2 aromatic rings. The van der Waals surface area contributed by atoms with Crippen LogP contribution in [0.4, 0.5) is 0 Å². The van der Waals surface area contributed by atoms with E-state index in [9.17, 15) is 53.4 Å². The summed E-state index contributed by atoms with van der Waals surface area (Å²) >= 11 is 13.7. The molecule has 10 atom stereocenters. The average Bonchev–Trinajstić information content (AvgIpc) is 3.84. The number of H-pyrrole nitrogens is 1. The number of rotatable bonds is 31. The summed E-state index contributed by atoms with van der Waals surface area (Å²) in [6.07, 6.45) is 5.09. The molecule has 8 amide bonds. The van der Waals surface area contributed by atoms with Crippen LogP contribution in [0.2, 0.25) is 0 Å². The van der Waals surface area contributed by atoms with Gasteiger partial charge >= 0.3 is 5.97 Å². The van der Waals surface area contributed by atoms with Crippen LogP contribution in [0.5, 0.6) is 5.75 Å². The minimum atomic E-state index is -1.40. The summed E-state index contributed by atoms with van der Waals surface area (Å²) < 4.78 is 0. The smallest absolute Gasteiger partial charge is 0.327 e. The largest absolute Gasteiger partial charge is 0.508 e. The number of nitrogens with two attached hydrogens (primary N) is 1. The number of hydrogen-bond acceptors (Lipinski definition) is 16. The van der Waals surface area contributed by atoms with Crippen molar-refractivity contribution in [3.8, 4) is 5.75 Å². The number of carbonyl (C=O) groups excluding carboxylic acids is 8. The van der Waals surface area contributed by atoms with Gasteiger partial charge in [-0.25, -0.2) is 9.78 Å². The predicted octanol–water partition coefficient (Wildman–Crippen LogP) is -1.15. The number of phenols is 1. The zero-order valence-electron chi connectivity index (χ0n) is 40.0. The third kappa shape index (κ3) is 20.7. The van der Waals surface area contributed by atoms with Crippen LogP contribution in [0.15, 0.2) is 36.8 Å². The molecule has 0 saturated heterocycles. The van der Waals surface area contributed by atoms with Crippen LogP contribution in [-0.4, -0.2) is 157 Å². The highest BCUT2D eigenvalue weighted by atomic mass is 32.2. The van der Waals surface area contributed by atoms with Gasteiger partial charge in [-0.2, -0.15) is 49.6 Å². The van der Waals surface area contributed by atoms with Crippen LogP contribution in [0.25, 0.3) is 0 Å². The zero-order chi connectivity index (χ0) is 52.7. The van der Waals surface area contributed by atoms with Gasteiger partial charge in [-0.3, -0.25) is 38.4 Å². The minimum absolute atomic E-state index is 0.0237. The van der Waals surface area contributed by atoms with E-state index in [2.05, 4.69) is 90.4 Å². The molecule has 22 nitrogen and oxygen atoms in total. The Bertz CT molecular complexity index is 2050. The summed E-state index contributed by atoms with van der Waals surface area (Å²) in [6, 6.07) is -5.34. The second-order valence-corrected chi connectivity index (χ2v) is 19.1. The van der Waals surface area contributed by atoms with Gasteiger partial charge in [0.2, 0.25) is 47.3 Å². The second-order valence-electron chi connectivity index (χ2n) is 17.0. The number of benzene rings is 1. The number of thioether (sulfide) groups is 1. The van der Waals surface area contributed by atoms with Crippen molar-refractivity contribution in [1.82, 2.24) is 52.5 Å². The fourth-order valence-electron chi connectivity index (χ4n) is 6.56. The Labute approximate surface area is 428 Å². The number of aromatic amines is 1. The Morgan fingerprint density at radius 2 is 1.17 bits per heavy atom. The predicted molar refractivity (Wildman–Crippen MR) is 274 cm³/mol. The number of carboxylic acids is 1. The molecular weight excluding hydrogens is 987 g/mol. The number of nitrogens with zero attached hydrogens (tertiary/aromatic N) is 1. The molecule has 0 spiro atoms. The molecular formula is C44H69N11O11S4. The summed E-state index contributed by atoms with van der Waals surface area (Å²) in [5, 5.41) is 40.0. The lowest BCUT2D eigenvalue weighted by atomic mass is 9.97. The van der Waals surface area contributed by atoms with E-state index in [-0.39, 0.29) is 54.6 Å². The Balaban J connectivity index is 2.42. The maximum absolute atomic E-state index is 14.3. The summed E-state index contributed by atoms with van der Waals surface area (Å²) in [7, 11) is 0. The van der Waals surface area contributed by atoms with Crippen molar-refractivity contribution in [1.29, 1.82) is 0 Å². The molecule has 0 fully saturated rings. The number of aromatic hydroxyl groups is 1. The van der Waals surface area contributed by atoms with E-state index in [0.717, 1.165) is 0 Å². The van der Waals surface area contributed by atoms with Crippen LogP contribution in [0, 0.1) is 11.8 Å². The van der Waals surface area contributed by atoms with Gasteiger partial charge in [-0.1, -0.05) is 46.2 Å². The standard InChI is InChI=1S/C44H69N11O11S4/c1-7-23(4)35(43(64)48-24(5)36(57)54-34(20-69)44(65)66)55-42(63)33(19-68)53-40(61)31(15-25-8-10-27(56)11-9-25)51-39(60)30(14-22(2)3)50-41(62)32(16-26-17-46-21-47-26)52-38(59)29(12-13-70-6)49-37(58)28(45)18-67/h8-11,17,21-24,28-35,56,67-69H,7,12-16,18-20,45H2,1-6H3,(H,46,47)(H,48,64)(H,49,58)(H,50,62)(H,51,60)(H,52,59)(H,53,61)(H,54,57)(H,55,63)(H,65,66)/t23-,24-,28-,29-,30-,31-,32-,33-,34-,35-/m0/s1. The second kappa shape index (κ2) is 31.2. The fraction of sp³-hybridized carbons (Fsp3) is 0.591. The highest BCUT2D eigenvalue weighted by molar-refractivity contribution is 7.98. The van der Waals surface area contributed by atoms with Crippen molar-refractivity contribution in [3.05, 3.63) is 48.0 Å². The number of imidazole rings is 1.